The summed E-state index contributed by atoms with van der Waals surface area (Å²) in [5.74, 6) is -0.639. The minimum Gasteiger partial charge on any atom is -0.335 e. The number of halogens is 2. The summed E-state index contributed by atoms with van der Waals surface area (Å²) in [5.41, 5.74) is 0.937. The van der Waals surface area contributed by atoms with Crippen molar-refractivity contribution in [2.24, 2.45) is 0 Å². The van der Waals surface area contributed by atoms with Crippen LogP contribution in [-0.2, 0) is 10.0 Å². The molecule has 10 heteroatoms. The third-order valence-electron chi connectivity index (χ3n) is 4.92. The molecule has 3 aromatic rings. The van der Waals surface area contributed by atoms with E-state index in [2.05, 4.69) is 4.98 Å². The van der Waals surface area contributed by atoms with Crippen LogP contribution in [0.15, 0.2) is 66.0 Å². The lowest BCUT2D eigenvalue weighted by molar-refractivity contribution is 0.0690. The van der Waals surface area contributed by atoms with E-state index in [9.17, 15) is 17.6 Å². The van der Waals surface area contributed by atoms with E-state index in [0.29, 0.717) is 16.4 Å². The van der Waals surface area contributed by atoms with Gasteiger partial charge in [0.1, 0.15) is 11.5 Å². The van der Waals surface area contributed by atoms with E-state index in [0.717, 1.165) is 0 Å². The van der Waals surface area contributed by atoms with Gasteiger partial charge >= 0.3 is 0 Å². The van der Waals surface area contributed by atoms with Gasteiger partial charge in [-0.15, -0.1) is 0 Å². The Balaban J connectivity index is 1.48. The van der Waals surface area contributed by atoms with E-state index < -0.39 is 10.0 Å². The lowest BCUT2D eigenvalue weighted by atomic mass is 10.2. The molecular formula is C20H18ClFN4O3S. The van der Waals surface area contributed by atoms with Crippen LogP contribution in [0.25, 0.3) is 5.69 Å². The standard InChI is InChI=1S/C20H18ClFN4O3S/c21-15-2-1-3-18(12-15)30(28,29)25-10-8-24(9-11-25)20(27)19-13-23-14-26(19)17-6-4-16(22)5-7-17/h1-7,12-14H,8-11H2. The molecule has 0 aliphatic carbocycles. The van der Waals surface area contributed by atoms with Crippen molar-refractivity contribution in [3.8, 4) is 5.69 Å². The van der Waals surface area contributed by atoms with Gasteiger partial charge in [-0.2, -0.15) is 4.31 Å². The summed E-state index contributed by atoms with van der Waals surface area (Å²) in [6.45, 7) is 0.830. The SMILES string of the molecule is O=C(c1cncn1-c1ccc(F)cc1)N1CCN(S(=O)(=O)c2cccc(Cl)c2)CC1. The number of hydrogen-bond donors (Lipinski definition) is 0. The van der Waals surface area contributed by atoms with Gasteiger partial charge in [-0.3, -0.25) is 9.36 Å². The van der Waals surface area contributed by atoms with Crippen LogP contribution in [0.2, 0.25) is 5.02 Å². The number of hydrogen-bond acceptors (Lipinski definition) is 4. The molecule has 4 rings (SSSR count). The van der Waals surface area contributed by atoms with Crippen LogP contribution in [0, 0.1) is 5.82 Å². The van der Waals surface area contributed by atoms with Crippen molar-refractivity contribution in [1.29, 1.82) is 0 Å². The monoisotopic (exact) mass is 448 g/mol. The van der Waals surface area contributed by atoms with Crippen LogP contribution in [-0.4, -0.2) is 59.3 Å². The number of carbonyl (C=O) groups excluding carboxylic acids is 1. The predicted molar refractivity (Wildman–Crippen MR) is 110 cm³/mol. The Labute approximate surface area is 178 Å². The van der Waals surface area contributed by atoms with Crippen LogP contribution >= 0.6 is 11.6 Å². The largest absolute Gasteiger partial charge is 0.335 e. The average Bonchev–Trinajstić information content (AvgIpc) is 3.24. The quantitative estimate of drug-likeness (QED) is 0.615. The lowest BCUT2D eigenvalue weighted by Crippen LogP contribution is -2.50. The van der Waals surface area contributed by atoms with Crippen molar-refractivity contribution < 1.29 is 17.6 Å². The summed E-state index contributed by atoms with van der Waals surface area (Å²) >= 11 is 5.92. The van der Waals surface area contributed by atoms with Crippen molar-refractivity contribution in [2.75, 3.05) is 26.2 Å². The van der Waals surface area contributed by atoms with Crippen LogP contribution in [0.4, 0.5) is 4.39 Å². The Morgan fingerprint density at radius 2 is 1.73 bits per heavy atom. The number of piperazine rings is 1. The highest BCUT2D eigenvalue weighted by Crippen LogP contribution is 2.22. The Hall–Kier alpha value is -2.75. The smallest absolute Gasteiger partial charge is 0.272 e. The minimum absolute atomic E-state index is 0.129. The summed E-state index contributed by atoms with van der Waals surface area (Å²) in [6, 6.07) is 11.8. The van der Waals surface area contributed by atoms with Gasteiger partial charge in [-0.25, -0.2) is 17.8 Å². The molecule has 0 N–H and O–H groups in total. The molecule has 1 fully saturated rings. The molecule has 30 heavy (non-hydrogen) atoms. The Bertz CT molecular complexity index is 1170. The highest BCUT2D eigenvalue weighted by Gasteiger charge is 2.31. The van der Waals surface area contributed by atoms with E-state index in [1.165, 1.54) is 41.1 Å². The molecule has 0 spiro atoms. The lowest BCUT2D eigenvalue weighted by Gasteiger charge is -2.34. The first-order chi connectivity index (χ1) is 14.4. The maximum atomic E-state index is 13.2. The van der Waals surface area contributed by atoms with Crippen molar-refractivity contribution in [2.45, 2.75) is 4.90 Å². The van der Waals surface area contributed by atoms with Crippen molar-refractivity contribution in [3.05, 3.63) is 77.6 Å². The van der Waals surface area contributed by atoms with E-state index in [4.69, 9.17) is 11.6 Å². The van der Waals surface area contributed by atoms with Gasteiger partial charge < -0.3 is 4.90 Å². The zero-order valence-electron chi connectivity index (χ0n) is 15.8. The molecule has 156 valence electrons. The maximum Gasteiger partial charge on any atom is 0.272 e. The molecular weight excluding hydrogens is 431 g/mol. The second-order valence-electron chi connectivity index (χ2n) is 6.78. The molecule has 1 amide bonds. The van der Waals surface area contributed by atoms with Crippen LogP contribution < -0.4 is 0 Å². The normalized spacial score (nSPS) is 15.3. The molecule has 1 saturated heterocycles. The summed E-state index contributed by atoms with van der Waals surface area (Å²) in [4.78, 5) is 18.8. The second kappa shape index (κ2) is 8.17. The molecule has 1 aliphatic rings. The zero-order chi connectivity index (χ0) is 21.3. The fourth-order valence-electron chi connectivity index (χ4n) is 3.33. The molecule has 0 bridgehead atoms. The highest BCUT2D eigenvalue weighted by atomic mass is 35.5. The molecule has 1 aromatic heterocycles. The number of aromatic nitrogens is 2. The van der Waals surface area contributed by atoms with Crippen molar-refractivity contribution >= 4 is 27.5 Å². The molecule has 2 heterocycles. The second-order valence-corrected chi connectivity index (χ2v) is 9.15. The number of nitrogens with zero attached hydrogens (tertiary/aromatic N) is 4. The molecule has 0 radical (unpaired) electrons. The summed E-state index contributed by atoms with van der Waals surface area (Å²) in [6.07, 6.45) is 2.93. The zero-order valence-corrected chi connectivity index (χ0v) is 17.4. The number of benzene rings is 2. The number of imidazole rings is 1. The van der Waals surface area contributed by atoms with Gasteiger partial charge in [0.25, 0.3) is 5.91 Å². The molecule has 0 atom stereocenters. The summed E-state index contributed by atoms with van der Waals surface area (Å²) < 4.78 is 41.8. The fourth-order valence-corrected chi connectivity index (χ4v) is 5.05. The van der Waals surface area contributed by atoms with Crippen molar-refractivity contribution in [1.82, 2.24) is 18.8 Å². The molecule has 1 aliphatic heterocycles. The fraction of sp³-hybridized carbons (Fsp3) is 0.200. The van der Waals surface area contributed by atoms with Crippen molar-refractivity contribution in [3.63, 3.8) is 0 Å². The Kier molecular flexibility index (Phi) is 5.59. The number of sulfonamides is 1. The summed E-state index contributed by atoms with van der Waals surface area (Å²) in [7, 11) is -3.68. The van der Waals surface area contributed by atoms with Gasteiger partial charge in [0.05, 0.1) is 17.4 Å². The van der Waals surface area contributed by atoms with Gasteiger partial charge in [0.15, 0.2) is 0 Å². The van der Waals surface area contributed by atoms with Gasteiger partial charge in [0, 0.05) is 36.9 Å². The van der Waals surface area contributed by atoms with Crippen LogP contribution in [0.1, 0.15) is 10.5 Å². The van der Waals surface area contributed by atoms with E-state index >= 15 is 0 Å². The molecule has 0 unspecified atom stereocenters. The number of carbonyl (C=O) groups is 1. The van der Waals surface area contributed by atoms with E-state index in [1.54, 1.807) is 33.7 Å². The predicted octanol–water partition coefficient (Wildman–Crippen LogP) is 2.81. The third kappa shape index (κ3) is 3.96. The molecule has 0 saturated carbocycles. The maximum absolute atomic E-state index is 13.2. The van der Waals surface area contributed by atoms with Gasteiger partial charge in [-0.1, -0.05) is 17.7 Å². The topological polar surface area (TPSA) is 75.5 Å². The van der Waals surface area contributed by atoms with E-state index in [1.807, 2.05) is 0 Å². The van der Waals surface area contributed by atoms with Crippen LogP contribution in [0.3, 0.4) is 0 Å². The van der Waals surface area contributed by atoms with E-state index in [-0.39, 0.29) is 42.8 Å². The number of rotatable bonds is 4. The average molecular weight is 449 g/mol. The first kappa shape index (κ1) is 20.5. The third-order valence-corrected chi connectivity index (χ3v) is 7.05. The Morgan fingerprint density at radius 3 is 2.40 bits per heavy atom. The first-order valence-corrected chi connectivity index (χ1v) is 11.0. The van der Waals surface area contributed by atoms with Crippen LogP contribution in [0.5, 0.6) is 0 Å². The Morgan fingerprint density at radius 1 is 1.03 bits per heavy atom. The number of amides is 1. The molecule has 2 aromatic carbocycles. The van der Waals surface area contributed by atoms with Gasteiger partial charge in [-0.05, 0) is 42.5 Å². The van der Waals surface area contributed by atoms with Gasteiger partial charge in [0.2, 0.25) is 10.0 Å². The molecule has 7 nitrogen and oxygen atoms in total. The highest BCUT2D eigenvalue weighted by molar-refractivity contribution is 7.89. The summed E-state index contributed by atoms with van der Waals surface area (Å²) in [5, 5.41) is 0.346. The first-order valence-electron chi connectivity index (χ1n) is 9.19. The minimum atomic E-state index is -3.68.